The molecule has 3 nitrogen and oxygen atoms in total. The van der Waals surface area contributed by atoms with Crippen molar-refractivity contribution in [3.63, 3.8) is 0 Å². The minimum atomic E-state index is 0.323. The van der Waals surface area contributed by atoms with Crippen molar-refractivity contribution in [1.82, 2.24) is 0 Å². The first-order valence-corrected chi connectivity index (χ1v) is 7.19. The van der Waals surface area contributed by atoms with Gasteiger partial charge in [-0.1, -0.05) is 29.3 Å². The van der Waals surface area contributed by atoms with Gasteiger partial charge in [-0.2, -0.15) is 5.26 Å². The van der Waals surface area contributed by atoms with Gasteiger partial charge in [0.05, 0.1) is 11.6 Å². The van der Waals surface area contributed by atoms with E-state index in [2.05, 4.69) is 0 Å². The lowest BCUT2D eigenvalue weighted by molar-refractivity contribution is 0.303. The van der Waals surface area contributed by atoms with E-state index in [9.17, 15) is 0 Å². The van der Waals surface area contributed by atoms with Gasteiger partial charge in [0.2, 0.25) is 0 Å². The molecule has 0 aliphatic heterocycles. The van der Waals surface area contributed by atoms with Crippen LogP contribution < -0.4 is 10.5 Å². The van der Waals surface area contributed by atoms with Crippen LogP contribution in [0.5, 0.6) is 5.75 Å². The third kappa shape index (κ3) is 4.12. The fraction of sp³-hybridized carbons (Fsp3) is 0.188. The lowest BCUT2D eigenvalue weighted by Crippen LogP contribution is -2.05. The molecule has 0 fully saturated rings. The first-order valence-electron chi connectivity index (χ1n) is 6.44. The lowest BCUT2D eigenvalue weighted by Gasteiger charge is -2.12. The van der Waals surface area contributed by atoms with Gasteiger partial charge in [-0.3, -0.25) is 0 Å². The minimum absolute atomic E-state index is 0.323. The molecule has 5 heteroatoms. The van der Waals surface area contributed by atoms with Gasteiger partial charge < -0.3 is 10.5 Å². The fourth-order valence-corrected chi connectivity index (χ4v) is 2.36. The Bertz CT molecular complexity index is 680. The second-order valence-corrected chi connectivity index (χ2v) is 5.34. The Morgan fingerprint density at radius 3 is 2.57 bits per heavy atom. The van der Waals surface area contributed by atoms with Crippen molar-refractivity contribution >= 4 is 23.2 Å². The maximum atomic E-state index is 8.82. The molecule has 0 aromatic heterocycles. The molecule has 0 atom stereocenters. The average molecular weight is 321 g/mol. The maximum Gasteiger partial charge on any atom is 0.123 e. The first kappa shape index (κ1) is 15.7. The molecule has 0 radical (unpaired) electrons. The molecule has 0 unspecified atom stereocenters. The molecular weight excluding hydrogens is 307 g/mol. The average Bonchev–Trinajstić information content (AvgIpc) is 2.48. The van der Waals surface area contributed by atoms with E-state index in [1.165, 1.54) is 0 Å². The maximum absolute atomic E-state index is 8.82. The van der Waals surface area contributed by atoms with Crippen LogP contribution in [0.4, 0.5) is 0 Å². The van der Waals surface area contributed by atoms with E-state index < -0.39 is 0 Å². The molecule has 2 aromatic rings. The molecule has 0 aliphatic rings. The smallest absolute Gasteiger partial charge is 0.123 e. The lowest BCUT2D eigenvalue weighted by atomic mass is 10.1. The van der Waals surface area contributed by atoms with Crippen molar-refractivity contribution < 1.29 is 4.74 Å². The Balaban J connectivity index is 2.15. The summed E-state index contributed by atoms with van der Waals surface area (Å²) in [6.45, 7) is 0.845. The third-order valence-corrected chi connectivity index (χ3v) is 3.59. The van der Waals surface area contributed by atoms with Gasteiger partial charge in [-0.15, -0.1) is 0 Å². The summed E-state index contributed by atoms with van der Waals surface area (Å²) in [4.78, 5) is 0. The number of halogens is 2. The van der Waals surface area contributed by atoms with Gasteiger partial charge in [0.15, 0.2) is 0 Å². The van der Waals surface area contributed by atoms with E-state index in [0.29, 0.717) is 35.2 Å². The molecule has 2 N–H and O–H groups in total. The van der Waals surface area contributed by atoms with Crippen molar-refractivity contribution in [2.24, 2.45) is 5.73 Å². The van der Waals surface area contributed by atoms with Gasteiger partial charge in [-0.05, 0) is 48.9 Å². The van der Waals surface area contributed by atoms with E-state index in [1.54, 1.807) is 24.3 Å². The highest BCUT2D eigenvalue weighted by atomic mass is 35.5. The van der Waals surface area contributed by atoms with Crippen LogP contribution in [0.1, 0.15) is 16.7 Å². The summed E-state index contributed by atoms with van der Waals surface area (Å²) in [5.41, 5.74) is 7.91. The number of ether oxygens (including phenoxy) is 1. The number of benzene rings is 2. The summed E-state index contributed by atoms with van der Waals surface area (Å²) in [6.07, 6.45) is 0.691. The van der Waals surface area contributed by atoms with Crippen molar-refractivity contribution in [1.29, 1.82) is 5.26 Å². The summed E-state index contributed by atoms with van der Waals surface area (Å²) in [5, 5.41) is 9.99. The Hall–Kier alpha value is -1.73. The number of hydrogen-bond acceptors (Lipinski definition) is 3. The van der Waals surface area contributed by atoms with Gasteiger partial charge in [0, 0.05) is 15.6 Å². The second-order valence-electron chi connectivity index (χ2n) is 4.50. The van der Waals surface area contributed by atoms with Crippen molar-refractivity contribution in [3.8, 4) is 11.8 Å². The number of hydrogen-bond donors (Lipinski definition) is 1. The van der Waals surface area contributed by atoms with Gasteiger partial charge in [0.1, 0.15) is 12.4 Å². The van der Waals surface area contributed by atoms with Crippen LogP contribution in [-0.2, 0) is 13.0 Å². The fourth-order valence-electron chi connectivity index (χ4n) is 1.93. The number of rotatable bonds is 5. The Morgan fingerprint density at radius 2 is 1.90 bits per heavy atom. The van der Waals surface area contributed by atoms with Crippen molar-refractivity contribution in [2.75, 3.05) is 6.54 Å². The van der Waals surface area contributed by atoms with E-state index in [0.717, 1.165) is 16.9 Å². The van der Waals surface area contributed by atoms with Crippen LogP contribution in [0.15, 0.2) is 36.4 Å². The molecule has 2 rings (SSSR count). The predicted molar refractivity (Wildman–Crippen MR) is 84.7 cm³/mol. The molecule has 0 bridgehead atoms. The monoisotopic (exact) mass is 320 g/mol. The summed E-state index contributed by atoms with van der Waals surface area (Å²) in [6, 6.07) is 12.6. The zero-order valence-electron chi connectivity index (χ0n) is 11.3. The zero-order valence-corrected chi connectivity index (χ0v) is 12.8. The number of nitriles is 1. The Kier molecular flexibility index (Phi) is 5.46. The molecule has 108 valence electrons. The third-order valence-electron chi connectivity index (χ3n) is 3.00. The molecule has 0 heterocycles. The zero-order chi connectivity index (χ0) is 15.2. The SMILES string of the molecule is N#Cc1ccc(COc2ccc(Cl)cc2CCN)c(Cl)c1. The Labute approximate surface area is 133 Å². The van der Waals surface area contributed by atoms with Gasteiger partial charge >= 0.3 is 0 Å². The Morgan fingerprint density at radius 1 is 1.10 bits per heavy atom. The largest absolute Gasteiger partial charge is 0.489 e. The highest BCUT2D eigenvalue weighted by Crippen LogP contribution is 2.25. The van der Waals surface area contributed by atoms with Crippen LogP contribution in [0.2, 0.25) is 10.0 Å². The summed E-state index contributed by atoms with van der Waals surface area (Å²) >= 11 is 12.1. The van der Waals surface area contributed by atoms with Gasteiger partial charge in [0.25, 0.3) is 0 Å². The van der Waals surface area contributed by atoms with Crippen LogP contribution in [0.3, 0.4) is 0 Å². The normalized spacial score (nSPS) is 10.2. The number of nitrogens with zero attached hydrogens (tertiary/aromatic N) is 1. The van der Waals surface area contributed by atoms with Crippen LogP contribution in [0, 0.1) is 11.3 Å². The van der Waals surface area contributed by atoms with E-state index in [4.69, 9.17) is 38.9 Å². The molecule has 0 saturated carbocycles. The second kappa shape index (κ2) is 7.33. The summed E-state index contributed by atoms with van der Waals surface area (Å²) in [7, 11) is 0. The summed E-state index contributed by atoms with van der Waals surface area (Å²) in [5.74, 6) is 0.741. The quantitative estimate of drug-likeness (QED) is 0.907. The van der Waals surface area contributed by atoms with Gasteiger partial charge in [-0.25, -0.2) is 0 Å². The highest BCUT2D eigenvalue weighted by molar-refractivity contribution is 6.31. The molecule has 0 spiro atoms. The molecule has 2 aromatic carbocycles. The minimum Gasteiger partial charge on any atom is -0.489 e. The molecular formula is C16H14Cl2N2O. The number of nitrogens with two attached hydrogens (primary N) is 1. The first-order chi connectivity index (χ1) is 10.1. The summed E-state index contributed by atoms with van der Waals surface area (Å²) < 4.78 is 5.80. The molecule has 0 amide bonds. The van der Waals surface area contributed by atoms with Crippen LogP contribution in [0.25, 0.3) is 0 Å². The van der Waals surface area contributed by atoms with E-state index in [-0.39, 0.29) is 0 Å². The molecule has 21 heavy (non-hydrogen) atoms. The molecule has 0 saturated heterocycles. The molecule has 0 aliphatic carbocycles. The highest BCUT2D eigenvalue weighted by Gasteiger charge is 2.07. The van der Waals surface area contributed by atoms with E-state index >= 15 is 0 Å². The van der Waals surface area contributed by atoms with Crippen LogP contribution >= 0.6 is 23.2 Å². The van der Waals surface area contributed by atoms with Crippen LogP contribution in [-0.4, -0.2) is 6.54 Å². The van der Waals surface area contributed by atoms with Crippen molar-refractivity contribution in [2.45, 2.75) is 13.0 Å². The predicted octanol–water partition coefficient (Wildman–Crippen LogP) is 3.95. The van der Waals surface area contributed by atoms with E-state index in [1.807, 2.05) is 18.2 Å². The van der Waals surface area contributed by atoms with Crippen molar-refractivity contribution in [3.05, 3.63) is 63.1 Å². The topological polar surface area (TPSA) is 59.0 Å². The standard InChI is InChI=1S/C16H14Cl2N2O/c17-14-3-4-16(12(8-14)5-6-19)21-10-13-2-1-11(9-20)7-15(13)18/h1-4,7-8H,5-6,10,19H2.